The van der Waals surface area contributed by atoms with Crippen molar-refractivity contribution >= 4 is 11.6 Å². The Morgan fingerprint density at radius 3 is 1.57 bits per heavy atom. The van der Waals surface area contributed by atoms with Gasteiger partial charge in [0.2, 0.25) is 5.91 Å². The molecule has 84 heavy (non-hydrogen) atoms. The van der Waals surface area contributed by atoms with Gasteiger partial charge < -0.3 is 154 Å². The fraction of sp³-hybridized carbons (Fsp3) is 0.857. The molecule has 0 unspecified atom stereocenters. The number of ether oxygens (including phenoxy) is 13. The van der Waals surface area contributed by atoms with Crippen molar-refractivity contribution in [2.75, 3.05) is 46.2 Å². The lowest BCUT2D eigenvalue weighted by Crippen LogP contribution is -2.70. The molecule has 0 spiro atoms. The smallest absolute Gasteiger partial charge is 0.269 e. The molecule has 0 aromatic heterocycles. The molecule has 1 amide bonds. The molecule has 7 rings (SSSR count). The summed E-state index contributed by atoms with van der Waals surface area (Å²) < 4.78 is 76.1. The highest BCUT2D eigenvalue weighted by atomic mass is 16.8. The van der Waals surface area contributed by atoms with Gasteiger partial charge in [0.25, 0.3) is 5.69 Å². The highest BCUT2D eigenvalue weighted by Gasteiger charge is 2.58. The summed E-state index contributed by atoms with van der Waals surface area (Å²) in [4.78, 5) is 23.5. The average Bonchev–Trinajstić information content (AvgIpc) is 3.60. The van der Waals surface area contributed by atoms with Gasteiger partial charge in [-0.25, -0.2) is 0 Å². The van der Waals surface area contributed by atoms with Gasteiger partial charge in [-0.2, -0.15) is 0 Å². The van der Waals surface area contributed by atoms with Crippen LogP contribution in [0, 0.1) is 10.1 Å². The molecule has 6 aliphatic heterocycles. The Hall–Kier alpha value is -3.27. The standard InChI is InChI=1S/C49H79N3O32/c1-17-27(58)31(62)35(66)46(74-17)84-43-32(63)28(59)21(12-53)77-49(43)82-41-26(51-18(2)57)44(75-22(13-54)29(41)60)83-42-30(61)23(14-55)76-48(38(42)69)80-39-24(15-56)78-47(37(68)34(39)65)81-40-25(16-73-20-8-6-19(7-9-20)52(70)71)79-45(36(67)33(40)64)72-11-5-3-4-10-50/h6-9,17,21-49,53-56,58-69H,3-5,10-16,50H2,1-2H3,(H,51,57)/t17-,21+,22+,23+,24+,25+,26+,27+,28-,29-,30-,31+,32-,33+,34+,35-,36+,37+,38+,39-,40+,41+,42-,43+,44-,45+,46-,47-,48+,49-/m0/s1. The van der Waals surface area contributed by atoms with Gasteiger partial charge in [-0.3, -0.25) is 14.9 Å². The van der Waals surface area contributed by atoms with E-state index in [2.05, 4.69) is 5.32 Å². The predicted octanol–water partition coefficient (Wildman–Crippen LogP) is -9.78. The molecule has 1 aromatic rings. The summed E-state index contributed by atoms with van der Waals surface area (Å²) in [6.07, 6.45) is -52.2. The van der Waals surface area contributed by atoms with Crippen LogP contribution >= 0.6 is 0 Å². The minimum atomic E-state index is -2.25. The maximum absolute atomic E-state index is 12.9. The molecule has 35 nitrogen and oxygen atoms in total. The molecule has 19 N–H and O–H groups in total. The predicted molar refractivity (Wildman–Crippen MR) is 267 cm³/mol. The Morgan fingerprint density at radius 1 is 0.512 bits per heavy atom. The number of nitrogens with two attached hydrogens (primary N) is 1. The SMILES string of the molecule is CC(=O)N[C@H]1[C@H](O[C@H]2[C@@H](O)[C@@H](CO)O[C@H](O[C@@H]3[C@H](O)[C@@H](O)[C@H](O[C@H]4[C@H](O)[C@@H](O)[C@H](OCCCCCN)O[C@@H]4COc4ccc([N+](=O)[O-])cc4)O[C@@H]3CO)[C@@H]2O)O[C@H](CO)[C@H](O)[C@@H]1O[C@@H]1O[C@H](CO)[C@H](O)[C@H](O)[C@H]1O[C@@H]1O[C@@H](C)[C@@H](O)[C@@H](O)[C@@H]1O. The number of nitrogens with zero attached hydrogens (tertiary/aromatic N) is 1. The monoisotopic (exact) mass is 1220 g/mol. The van der Waals surface area contributed by atoms with Gasteiger partial charge in [0.1, 0.15) is 153 Å². The molecule has 6 saturated heterocycles. The van der Waals surface area contributed by atoms with Crippen molar-refractivity contribution in [1.29, 1.82) is 0 Å². The molecule has 482 valence electrons. The number of aliphatic hydroxyl groups is 16. The number of carbonyl (C=O) groups is 1. The molecular formula is C49H79N3O32. The van der Waals surface area contributed by atoms with Gasteiger partial charge in [-0.05, 0) is 44.9 Å². The number of hydrogen-bond acceptors (Lipinski definition) is 33. The van der Waals surface area contributed by atoms with Gasteiger partial charge in [-0.1, -0.05) is 0 Å². The van der Waals surface area contributed by atoms with Gasteiger partial charge in [0.05, 0.1) is 37.5 Å². The van der Waals surface area contributed by atoms with E-state index in [9.17, 15) is 96.6 Å². The number of unbranched alkanes of at least 4 members (excludes halogenated alkanes) is 2. The van der Waals surface area contributed by atoms with E-state index in [4.69, 9.17) is 67.3 Å². The van der Waals surface area contributed by atoms with E-state index in [1.807, 2.05) is 0 Å². The number of benzene rings is 1. The van der Waals surface area contributed by atoms with Crippen LogP contribution in [-0.4, -0.2) is 323 Å². The van der Waals surface area contributed by atoms with E-state index < -0.39 is 228 Å². The topological polar surface area (TPSA) is 542 Å². The van der Waals surface area contributed by atoms with Crippen LogP contribution in [0.3, 0.4) is 0 Å². The molecule has 1 aromatic carbocycles. The summed E-state index contributed by atoms with van der Waals surface area (Å²) in [5.74, 6) is -0.767. The van der Waals surface area contributed by atoms with E-state index in [0.717, 1.165) is 19.1 Å². The van der Waals surface area contributed by atoms with Crippen molar-refractivity contribution in [1.82, 2.24) is 5.32 Å². The highest BCUT2D eigenvalue weighted by Crippen LogP contribution is 2.38. The molecule has 30 atom stereocenters. The second-order valence-corrected chi connectivity index (χ2v) is 21.1. The summed E-state index contributed by atoms with van der Waals surface area (Å²) in [6, 6.07) is 3.09. The Balaban J connectivity index is 1.09. The molecule has 0 bridgehead atoms. The third-order valence-electron chi connectivity index (χ3n) is 15.2. The van der Waals surface area contributed by atoms with Crippen molar-refractivity contribution in [3.8, 4) is 5.75 Å². The number of carbonyl (C=O) groups excluding carboxylic acids is 1. The van der Waals surface area contributed by atoms with Crippen LogP contribution in [0.5, 0.6) is 5.75 Å². The maximum atomic E-state index is 12.9. The van der Waals surface area contributed by atoms with Crippen molar-refractivity contribution in [2.24, 2.45) is 5.73 Å². The molecule has 0 radical (unpaired) electrons. The first-order valence-electron chi connectivity index (χ1n) is 27.2. The number of nitro groups is 1. The third kappa shape index (κ3) is 15.6. The Labute approximate surface area is 478 Å². The second-order valence-electron chi connectivity index (χ2n) is 21.1. The summed E-state index contributed by atoms with van der Waals surface area (Å²) in [5.41, 5.74) is 5.33. The first-order valence-corrected chi connectivity index (χ1v) is 27.2. The van der Waals surface area contributed by atoms with Crippen molar-refractivity contribution in [2.45, 2.75) is 217 Å². The minimum Gasteiger partial charge on any atom is -0.491 e. The van der Waals surface area contributed by atoms with Crippen LogP contribution in [0.15, 0.2) is 24.3 Å². The van der Waals surface area contributed by atoms with Gasteiger partial charge in [0.15, 0.2) is 37.7 Å². The summed E-state index contributed by atoms with van der Waals surface area (Å²) in [5, 5.41) is 190. The molecule has 35 heteroatoms. The minimum absolute atomic E-state index is 0.0675. The number of nitrogens with one attached hydrogen (secondary N) is 1. The number of hydrogen-bond donors (Lipinski definition) is 18. The Kier molecular flexibility index (Phi) is 25.0. The van der Waals surface area contributed by atoms with Crippen molar-refractivity contribution in [3.63, 3.8) is 0 Å². The van der Waals surface area contributed by atoms with Crippen LogP contribution in [0.25, 0.3) is 0 Å². The third-order valence-corrected chi connectivity index (χ3v) is 15.2. The normalized spacial score (nSPS) is 44.8. The van der Waals surface area contributed by atoms with Gasteiger partial charge in [-0.15, -0.1) is 0 Å². The van der Waals surface area contributed by atoms with E-state index in [-0.39, 0.29) is 18.0 Å². The van der Waals surface area contributed by atoms with Crippen LogP contribution in [0.4, 0.5) is 5.69 Å². The van der Waals surface area contributed by atoms with Crippen molar-refractivity contribution < 1.29 is 153 Å². The first kappa shape index (κ1) is 68.2. The van der Waals surface area contributed by atoms with E-state index in [0.29, 0.717) is 25.8 Å². The molecule has 6 heterocycles. The number of amides is 1. The van der Waals surface area contributed by atoms with Gasteiger partial charge >= 0.3 is 0 Å². The number of nitro benzene ring substituents is 1. The maximum Gasteiger partial charge on any atom is 0.269 e. The van der Waals surface area contributed by atoms with E-state index in [1.165, 1.54) is 19.1 Å². The first-order chi connectivity index (χ1) is 40.0. The number of aliphatic hydroxyl groups excluding tert-OH is 16. The van der Waals surface area contributed by atoms with E-state index in [1.54, 1.807) is 0 Å². The second kappa shape index (κ2) is 30.8. The Morgan fingerprint density at radius 2 is 0.976 bits per heavy atom. The Bertz CT molecular complexity index is 2180. The summed E-state index contributed by atoms with van der Waals surface area (Å²) in [7, 11) is 0. The fourth-order valence-electron chi connectivity index (χ4n) is 10.4. The lowest BCUT2D eigenvalue weighted by atomic mass is 9.94. The molecule has 6 aliphatic rings. The number of rotatable bonds is 25. The van der Waals surface area contributed by atoms with Crippen molar-refractivity contribution in [3.05, 3.63) is 34.4 Å². The zero-order chi connectivity index (χ0) is 61.4. The van der Waals surface area contributed by atoms with Crippen LogP contribution in [0.1, 0.15) is 33.1 Å². The zero-order valence-electron chi connectivity index (χ0n) is 45.4. The molecular weight excluding hydrogens is 1140 g/mol. The highest BCUT2D eigenvalue weighted by molar-refractivity contribution is 5.73. The quantitative estimate of drug-likeness (QED) is 0.0246. The zero-order valence-corrected chi connectivity index (χ0v) is 45.4. The van der Waals surface area contributed by atoms with Crippen LogP contribution in [0.2, 0.25) is 0 Å². The average molecular weight is 1220 g/mol. The lowest BCUT2D eigenvalue weighted by Gasteiger charge is -2.51. The molecule has 0 saturated carbocycles. The van der Waals surface area contributed by atoms with E-state index >= 15 is 0 Å². The number of non-ortho nitro benzene ring substituents is 1. The molecule has 0 aliphatic carbocycles. The molecule has 6 fully saturated rings. The lowest BCUT2D eigenvalue weighted by molar-refractivity contribution is -0.393. The van der Waals surface area contributed by atoms with Crippen LogP contribution in [-0.2, 0) is 61.6 Å². The van der Waals surface area contributed by atoms with Crippen LogP contribution < -0.4 is 15.8 Å². The fourth-order valence-corrected chi connectivity index (χ4v) is 10.4. The largest absolute Gasteiger partial charge is 0.491 e. The van der Waals surface area contributed by atoms with Gasteiger partial charge in [0, 0.05) is 25.7 Å². The summed E-state index contributed by atoms with van der Waals surface area (Å²) in [6.45, 7) is -1.73. The summed E-state index contributed by atoms with van der Waals surface area (Å²) >= 11 is 0.